The van der Waals surface area contributed by atoms with E-state index in [0.717, 1.165) is 50.2 Å². The van der Waals surface area contributed by atoms with Crippen LogP contribution in [-0.4, -0.2) is 19.1 Å². The van der Waals surface area contributed by atoms with Crippen LogP contribution in [0.25, 0.3) is 0 Å². The SMILES string of the molecule is Fc1cc(OC(F)(F)c2ccc(C3CCC(C4CCC(C5CCCC5)CO4)CC3)cc2)cc(F)c1OC(F)(F)F. The number of hydrogen-bond acceptors (Lipinski definition) is 3. The van der Waals surface area contributed by atoms with Crippen molar-refractivity contribution in [3.05, 3.63) is 59.2 Å². The zero-order valence-electron chi connectivity index (χ0n) is 22.0. The molecule has 2 atom stereocenters. The van der Waals surface area contributed by atoms with Crippen LogP contribution in [0.15, 0.2) is 36.4 Å². The van der Waals surface area contributed by atoms with Crippen molar-refractivity contribution in [1.29, 1.82) is 0 Å². The van der Waals surface area contributed by atoms with Gasteiger partial charge in [0.2, 0.25) is 5.75 Å². The van der Waals surface area contributed by atoms with Gasteiger partial charge in [-0.05, 0) is 79.9 Å². The maximum Gasteiger partial charge on any atom is 0.573 e. The van der Waals surface area contributed by atoms with E-state index in [9.17, 15) is 30.7 Å². The first-order chi connectivity index (χ1) is 19.0. The van der Waals surface area contributed by atoms with Crippen LogP contribution in [0.1, 0.15) is 81.3 Å². The summed E-state index contributed by atoms with van der Waals surface area (Å²) in [5.41, 5.74) is 0.378. The molecule has 220 valence electrons. The maximum absolute atomic E-state index is 14.7. The Kier molecular flexibility index (Phi) is 8.55. The quantitative estimate of drug-likeness (QED) is 0.309. The molecule has 0 spiro atoms. The van der Waals surface area contributed by atoms with Crippen LogP contribution in [-0.2, 0) is 10.8 Å². The molecule has 2 aromatic carbocycles. The van der Waals surface area contributed by atoms with Crippen LogP contribution < -0.4 is 9.47 Å². The summed E-state index contributed by atoms with van der Waals surface area (Å²) in [7, 11) is 0. The molecular weight excluding hydrogens is 541 g/mol. The van der Waals surface area contributed by atoms with Gasteiger partial charge in [0.1, 0.15) is 5.75 Å². The Hall–Kier alpha value is -2.49. The molecule has 0 radical (unpaired) electrons. The summed E-state index contributed by atoms with van der Waals surface area (Å²) in [4.78, 5) is 0. The van der Waals surface area contributed by atoms with E-state index >= 15 is 0 Å². The van der Waals surface area contributed by atoms with Gasteiger partial charge in [-0.25, -0.2) is 8.78 Å². The molecule has 3 aliphatic rings. The number of alkyl halides is 5. The van der Waals surface area contributed by atoms with Crippen molar-refractivity contribution in [2.75, 3.05) is 6.61 Å². The summed E-state index contributed by atoms with van der Waals surface area (Å²) in [6, 6.07) is 6.03. The molecule has 5 rings (SSSR count). The second kappa shape index (κ2) is 11.8. The number of rotatable bonds is 7. The van der Waals surface area contributed by atoms with Gasteiger partial charge in [0.15, 0.2) is 11.6 Å². The number of halogens is 7. The minimum atomic E-state index is -5.35. The molecule has 0 N–H and O–H groups in total. The van der Waals surface area contributed by atoms with Gasteiger partial charge in [0, 0.05) is 12.1 Å². The van der Waals surface area contributed by atoms with Crippen LogP contribution in [0.4, 0.5) is 30.7 Å². The highest BCUT2D eigenvalue weighted by atomic mass is 19.4. The first-order valence-corrected chi connectivity index (χ1v) is 14.0. The highest BCUT2D eigenvalue weighted by Crippen LogP contribution is 2.43. The topological polar surface area (TPSA) is 27.7 Å². The molecule has 1 saturated heterocycles. The second-order valence-electron chi connectivity index (χ2n) is 11.4. The van der Waals surface area contributed by atoms with Crippen molar-refractivity contribution in [3.63, 3.8) is 0 Å². The number of benzene rings is 2. The van der Waals surface area contributed by atoms with Gasteiger partial charge in [0.05, 0.1) is 18.3 Å². The summed E-state index contributed by atoms with van der Waals surface area (Å²) in [6.07, 6.45) is 2.64. The summed E-state index contributed by atoms with van der Waals surface area (Å²) in [5, 5.41) is 0. The molecule has 0 aromatic heterocycles. The lowest BCUT2D eigenvalue weighted by Gasteiger charge is -2.39. The third-order valence-corrected chi connectivity index (χ3v) is 8.86. The Bertz CT molecular complexity index is 1110. The Morgan fingerprint density at radius 2 is 1.27 bits per heavy atom. The largest absolute Gasteiger partial charge is 0.573 e. The molecule has 1 heterocycles. The third kappa shape index (κ3) is 6.86. The van der Waals surface area contributed by atoms with Gasteiger partial charge >= 0.3 is 12.5 Å². The normalized spacial score (nSPS) is 26.6. The third-order valence-electron chi connectivity index (χ3n) is 8.86. The van der Waals surface area contributed by atoms with Crippen molar-refractivity contribution in [3.8, 4) is 11.5 Å². The average molecular weight is 575 g/mol. The highest BCUT2D eigenvalue weighted by molar-refractivity contribution is 5.36. The molecule has 3 fully saturated rings. The lowest BCUT2D eigenvalue weighted by atomic mass is 9.74. The van der Waals surface area contributed by atoms with E-state index in [0.29, 0.717) is 17.9 Å². The number of ether oxygens (including phenoxy) is 3. The first-order valence-electron chi connectivity index (χ1n) is 14.0. The smallest absolute Gasteiger partial charge is 0.429 e. The van der Waals surface area contributed by atoms with E-state index in [4.69, 9.17) is 4.74 Å². The van der Waals surface area contributed by atoms with Crippen LogP contribution in [0.2, 0.25) is 0 Å². The lowest BCUT2D eigenvalue weighted by Crippen LogP contribution is -2.35. The molecule has 40 heavy (non-hydrogen) atoms. The Balaban J connectivity index is 1.14. The van der Waals surface area contributed by atoms with Crippen LogP contribution in [0.5, 0.6) is 11.5 Å². The Labute approximate surface area is 229 Å². The molecule has 0 amide bonds. The molecular formula is C30H33F7O3. The second-order valence-corrected chi connectivity index (χ2v) is 11.4. The molecule has 1 aliphatic heterocycles. The van der Waals surface area contributed by atoms with Gasteiger partial charge in [-0.3, -0.25) is 0 Å². The Morgan fingerprint density at radius 1 is 0.675 bits per heavy atom. The molecule has 2 saturated carbocycles. The van der Waals surface area contributed by atoms with E-state index in [1.165, 1.54) is 44.2 Å². The van der Waals surface area contributed by atoms with E-state index in [1.54, 1.807) is 12.1 Å². The van der Waals surface area contributed by atoms with Crippen LogP contribution in [0, 0.1) is 29.4 Å². The number of hydrogen-bond donors (Lipinski definition) is 0. The fraction of sp³-hybridized carbons (Fsp3) is 0.600. The highest BCUT2D eigenvalue weighted by Gasteiger charge is 2.38. The molecule has 10 heteroatoms. The zero-order valence-corrected chi connectivity index (χ0v) is 22.0. The van der Waals surface area contributed by atoms with E-state index in [1.807, 2.05) is 0 Å². The van der Waals surface area contributed by atoms with Crippen LogP contribution >= 0.6 is 0 Å². The molecule has 3 nitrogen and oxygen atoms in total. The lowest BCUT2D eigenvalue weighted by molar-refractivity contribution is -0.276. The first kappa shape index (κ1) is 29.0. The van der Waals surface area contributed by atoms with Crippen molar-refractivity contribution in [1.82, 2.24) is 0 Å². The minimum Gasteiger partial charge on any atom is -0.429 e. The van der Waals surface area contributed by atoms with Crippen molar-refractivity contribution >= 4 is 0 Å². The fourth-order valence-corrected chi connectivity index (χ4v) is 6.75. The van der Waals surface area contributed by atoms with Gasteiger partial charge in [-0.1, -0.05) is 37.8 Å². The van der Waals surface area contributed by atoms with E-state index < -0.39 is 41.2 Å². The zero-order chi connectivity index (χ0) is 28.5. The van der Waals surface area contributed by atoms with Crippen LogP contribution in [0.3, 0.4) is 0 Å². The van der Waals surface area contributed by atoms with Crippen molar-refractivity contribution in [2.24, 2.45) is 17.8 Å². The van der Waals surface area contributed by atoms with E-state index in [-0.39, 0.29) is 18.1 Å². The van der Waals surface area contributed by atoms with Gasteiger partial charge < -0.3 is 14.2 Å². The van der Waals surface area contributed by atoms with Gasteiger partial charge in [-0.2, -0.15) is 8.78 Å². The van der Waals surface area contributed by atoms with Crippen molar-refractivity contribution < 1.29 is 44.9 Å². The van der Waals surface area contributed by atoms with Crippen molar-refractivity contribution in [2.45, 2.75) is 88.7 Å². The van der Waals surface area contributed by atoms with Gasteiger partial charge in [0.25, 0.3) is 0 Å². The Morgan fingerprint density at radius 3 is 1.82 bits per heavy atom. The monoisotopic (exact) mass is 574 g/mol. The predicted molar refractivity (Wildman–Crippen MR) is 133 cm³/mol. The maximum atomic E-state index is 14.7. The summed E-state index contributed by atoms with van der Waals surface area (Å²) < 4.78 is 108. The van der Waals surface area contributed by atoms with E-state index in [2.05, 4.69) is 9.47 Å². The standard InChI is InChI=1S/C30H33F7O3/c31-25-15-24(16-26(32)28(25)40-30(35,36)37)39-29(33,34)23-12-9-20(10-13-23)19-5-7-21(8-6-19)27-14-11-22(17-38-27)18-3-1-2-4-18/h9-10,12-13,15-16,18-19,21-22,27H,1-8,11,14,17H2. The average Bonchev–Trinajstić information content (AvgIpc) is 3.46. The molecule has 2 unspecified atom stereocenters. The molecule has 0 bridgehead atoms. The van der Waals surface area contributed by atoms with Gasteiger partial charge in [-0.15, -0.1) is 13.2 Å². The fourth-order valence-electron chi connectivity index (χ4n) is 6.75. The summed E-state index contributed by atoms with van der Waals surface area (Å²) >= 11 is 0. The minimum absolute atomic E-state index is 0.218. The summed E-state index contributed by atoms with van der Waals surface area (Å²) in [5.74, 6) is -4.06. The summed E-state index contributed by atoms with van der Waals surface area (Å²) in [6.45, 7) is 0.873. The molecule has 2 aliphatic carbocycles. The predicted octanol–water partition coefficient (Wildman–Crippen LogP) is 9.25. The molecule has 2 aromatic rings.